The van der Waals surface area contributed by atoms with E-state index in [1.807, 2.05) is 0 Å². The van der Waals surface area contributed by atoms with Crippen molar-refractivity contribution in [1.29, 1.82) is 0 Å². The molecule has 0 spiro atoms. The van der Waals surface area contributed by atoms with Gasteiger partial charge in [0.2, 0.25) is 0 Å². The number of para-hydroxylation sites is 2. The molecule has 0 amide bonds. The number of benzene rings is 1. The molecule has 1 fully saturated rings. The minimum absolute atomic E-state index is 0.0160. The topological polar surface area (TPSA) is 67.6 Å². The normalized spacial score (nSPS) is 20.8. The Bertz CT molecular complexity index is 848. The average molecular weight is 407 g/mol. The summed E-state index contributed by atoms with van der Waals surface area (Å²) in [4.78, 5) is 13.8. The second kappa shape index (κ2) is 8.49. The van der Waals surface area contributed by atoms with E-state index >= 15 is 0 Å². The number of carboxylic acid groups (broad SMARTS) is 1. The zero-order valence-electron chi connectivity index (χ0n) is 16.9. The van der Waals surface area contributed by atoms with Crippen LogP contribution in [0.25, 0.3) is 5.69 Å². The first-order valence-electron chi connectivity index (χ1n) is 9.66. The van der Waals surface area contributed by atoms with Gasteiger partial charge in [0.25, 0.3) is 0 Å². The van der Waals surface area contributed by atoms with Gasteiger partial charge in [0.15, 0.2) is 5.75 Å². The summed E-state index contributed by atoms with van der Waals surface area (Å²) in [6.45, 7) is 5.34. The van der Waals surface area contributed by atoms with Crippen molar-refractivity contribution < 1.29 is 23.4 Å². The number of nitrogens with zero attached hydrogens (tertiary/aromatic N) is 3. The van der Waals surface area contributed by atoms with Gasteiger partial charge in [0.05, 0.1) is 12.1 Å². The molecule has 0 bridgehead atoms. The van der Waals surface area contributed by atoms with E-state index in [-0.39, 0.29) is 17.1 Å². The third-order valence-corrected chi connectivity index (χ3v) is 5.47. The molecule has 0 unspecified atom stereocenters. The van der Waals surface area contributed by atoms with Gasteiger partial charge >= 0.3 is 12.6 Å². The largest absolute Gasteiger partial charge is 0.481 e. The Kier molecular flexibility index (Phi) is 6.21. The zero-order chi connectivity index (χ0) is 21.2. The van der Waals surface area contributed by atoms with Crippen LogP contribution in [0.4, 0.5) is 8.78 Å². The molecule has 1 aliphatic rings. The average Bonchev–Trinajstić information content (AvgIpc) is 3.09. The van der Waals surface area contributed by atoms with Gasteiger partial charge < -0.3 is 9.84 Å². The summed E-state index contributed by atoms with van der Waals surface area (Å²) in [5.74, 6) is -0.845. The molecule has 1 aromatic carbocycles. The van der Waals surface area contributed by atoms with Gasteiger partial charge in [-0.05, 0) is 29.9 Å². The lowest BCUT2D eigenvalue weighted by Gasteiger charge is -2.42. The Labute approximate surface area is 169 Å². The second-order valence-electron chi connectivity index (χ2n) is 8.67. The first-order valence-corrected chi connectivity index (χ1v) is 9.66. The number of rotatable bonds is 6. The van der Waals surface area contributed by atoms with Crippen LogP contribution >= 0.6 is 0 Å². The number of piperidine rings is 1. The van der Waals surface area contributed by atoms with Crippen LogP contribution in [0.2, 0.25) is 0 Å². The molecule has 2 aromatic rings. The molecule has 0 radical (unpaired) electrons. The van der Waals surface area contributed by atoms with Gasteiger partial charge in [-0.3, -0.25) is 9.69 Å². The first-order chi connectivity index (χ1) is 13.6. The molecule has 2 heterocycles. The van der Waals surface area contributed by atoms with Gasteiger partial charge in [-0.2, -0.15) is 13.9 Å². The van der Waals surface area contributed by atoms with Crippen LogP contribution in [0.3, 0.4) is 0 Å². The summed E-state index contributed by atoms with van der Waals surface area (Å²) >= 11 is 0. The predicted molar refractivity (Wildman–Crippen MR) is 104 cm³/mol. The molecule has 1 saturated heterocycles. The molecule has 1 aromatic heterocycles. The summed E-state index contributed by atoms with van der Waals surface area (Å²) in [5.41, 5.74) is 1.33. The molecular formula is C21H27F2N3O3. The number of aromatic nitrogens is 2. The summed E-state index contributed by atoms with van der Waals surface area (Å²) in [5, 5.41) is 13.8. The molecular weight excluding hydrogens is 380 g/mol. The number of carbonyl (C=O) groups is 1. The molecule has 158 valence electrons. The number of hydrogen-bond donors (Lipinski definition) is 1. The van der Waals surface area contributed by atoms with E-state index in [1.54, 1.807) is 30.6 Å². The summed E-state index contributed by atoms with van der Waals surface area (Å²) in [6.07, 6.45) is 4.12. The van der Waals surface area contributed by atoms with E-state index in [4.69, 9.17) is 0 Å². The Morgan fingerprint density at radius 2 is 2.03 bits per heavy atom. The van der Waals surface area contributed by atoms with Crippen LogP contribution in [0, 0.1) is 17.3 Å². The SMILES string of the molecule is CC(C)(C)[C@@H]1C[C@@H](C(=O)O)CN(Cc2cnn(-c3ccccc3OC(F)F)c2)C1. The number of carboxylic acids is 1. The highest BCUT2D eigenvalue weighted by molar-refractivity contribution is 5.70. The highest BCUT2D eigenvalue weighted by Crippen LogP contribution is 2.36. The van der Waals surface area contributed by atoms with Gasteiger partial charge in [0, 0.05) is 31.4 Å². The van der Waals surface area contributed by atoms with Crippen LogP contribution in [0.1, 0.15) is 32.8 Å². The van der Waals surface area contributed by atoms with Crippen molar-refractivity contribution in [2.45, 2.75) is 40.3 Å². The summed E-state index contributed by atoms with van der Waals surface area (Å²) in [6, 6.07) is 6.48. The Morgan fingerprint density at radius 3 is 2.69 bits per heavy atom. The molecule has 0 aliphatic carbocycles. The lowest BCUT2D eigenvalue weighted by atomic mass is 9.73. The lowest BCUT2D eigenvalue weighted by molar-refractivity contribution is -0.145. The van der Waals surface area contributed by atoms with Crippen LogP contribution in [0.15, 0.2) is 36.7 Å². The Hall–Kier alpha value is -2.48. The minimum atomic E-state index is -2.91. The number of aliphatic carboxylic acids is 1. The second-order valence-corrected chi connectivity index (χ2v) is 8.67. The number of ether oxygens (including phenoxy) is 1. The minimum Gasteiger partial charge on any atom is -0.481 e. The third-order valence-electron chi connectivity index (χ3n) is 5.47. The van der Waals surface area contributed by atoms with E-state index in [0.29, 0.717) is 25.2 Å². The third kappa shape index (κ3) is 5.32. The van der Waals surface area contributed by atoms with Crippen molar-refractivity contribution in [2.75, 3.05) is 13.1 Å². The standard InChI is InChI=1S/C21H27F2N3O3/c1-21(2,3)16-8-15(19(27)28)12-25(13-16)10-14-9-24-26(11-14)17-6-4-5-7-18(17)29-20(22)23/h4-7,9,11,15-16,20H,8,10,12-13H2,1-3H3,(H,27,28)/t15-,16-/m1/s1. The first kappa shape index (κ1) is 21.2. The molecule has 1 N–H and O–H groups in total. The number of alkyl halides is 2. The van der Waals surface area contributed by atoms with Crippen molar-refractivity contribution in [3.63, 3.8) is 0 Å². The number of hydrogen-bond acceptors (Lipinski definition) is 4. The quantitative estimate of drug-likeness (QED) is 0.783. The molecule has 29 heavy (non-hydrogen) atoms. The molecule has 6 nitrogen and oxygen atoms in total. The molecule has 0 saturated carbocycles. The number of likely N-dealkylation sites (tertiary alicyclic amines) is 1. The van der Waals surface area contributed by atoms with Crippen LogP contribution in [-0.4, -0.2) is 45.5 Å². The predicted octanol–water partition coefficient (Wildman–Crippen LogP) is 4.04. The van der Waals surface area contributed by atoms with Crippen molar-refractivity contribution in [1.82, 2.24) is 14.7 Å². The maximum atomic E-state index is 12.7. The molecule has 8 heteroatoms. The van der Waals surface area contributed by atoms with E-state index in [9.17, 15) is 18.7 Å². The van der Waals surface area contributed by atoms with Crippen molar-refractivity contribution in [2.24, 2.45) is 17.3 Å². The Morgan fingerprint density at radius 1 is 1.31 bits per heavy atom. The van der Waals surface area contributed by atoms with E-state index in [2.05, 4.69) is 35.5 Å². The maximum absolute atomic E-state index is 12.7. The van der Waals surface area contributed by atoms with Crippen molar-refractivity contribution in [3.05, 3.63) is 42.2 Å². The molecule has 3 rings (SSSR count). The van der Waals surface area contributed by atoms with E-state index in [0.717, 1.165) is 12.1 Å². The highest BCUT2D eigenvalue weighted by atomic mass is 19.3. The number of halogens is 2. The fraction of sp³-hybridized carbons (Fsp3) is 0.524. The lowest BCUT2D eigenvalue weighted by Crippen LogP contribution is -2.46. The monoisotopic (exact) mass is 407 g/mol. The highest BCUT2D eigenvalue weighted by Gasteiger charge is 2.37. The fourth-order valence-electron chi connectivity index (χ4n) is 3.80. The van der Waals surface area contributed by atoms with E-state index < -0.39 is 18.5 Å². The van der Waals surface area contributed by atoms with E-state index in [1.165, 1.54) is 10.7 Å². The maximum Gasteiger partial charge on any atom is 0.387 e. The Balaban J connectivity index is 1.77. The smallest absolute Gasteiger partial charge is 0.387 e. The fourth-order valence-corrected chi connectivity index (χ4v) is 3.80. The zero-order valence-corrected chi connectivity index (χ0v) is 16.9. The van der Waals surface area contributed by atoms with Crippen LogP contribution in [-0.2, 0) is 11.3 Å². The van der Waals surface area contributed by atoms with Gasteiger partial charge in [-0.25, -0.2) is 4.68 Å². The van der Waals surface area contributed by atoms with Gasteiger partial charge in [-0.15, -0.1) is 0 Å². The van der Waals surface area contributed by atoms with Crippen molar-refractivity contribution >= 4 is 5.97 Å². The summed E-state index contributed by atoms with van der Waals surface area (Å²) in [7, 11) is 0. The molecule has 2 atom stereocenters. The molecule has 1 aliphatic heterocycles. The van der Waals surface area contributed by atoms with Crippen molar-refractivity contribution in [3.8, 4) is 11.4 Å². The summed E-state index contributed by atoms with van der Waals surface area (Å²) < 4.78 is 31.4. The van der Waals surface area contributed by atoms with Gasteiger partial charge in [-0.1, -0.05) is 32.9 Å². The van der Waals surface area contributed by atoms with Gasteiger partial charge in [0.1, 0.15) is 5.69 Å². The van der Waals surface area contributed by atoms with Crippen LogP contribution in [0.5, 0.6) is 5.75 Å². The van der Waals surface area contributed by atoms with Crippen LogP contribution < -0.4 is 4.74 Å².